The third-order valence-electron chi connectivity index (χ3n) is 3.25. The summed E-state index contributed by atoms with van der Waals surface area (Å²) in [5.41, 5.74) is 0.529. The number of alkyl halides is 3. The van der Waals surface area contributed by atoms with E-state index in [1.807, 2.05) is 0 Å². The summed E-state index contributed by atoms with van der Waals surface area (Å²) in [4.78, 5) is 11.9. The molecule has 0 saturated carbocycles. The number of para-hydroxylation sites is 1. The van der Waals surface area contributed by atoms with Crippen LogP contribution in [0.3, 0.4) is 0 Å². The van der Waals surface area contributed by atoms with Crippen LogP contribution in [-0.2, 0) is 11.3 Å². The molecule has 7 heteroatoms. The van der Waals surface area contributed by atoms with E-state index in [0.29, 0.717) is 12.1 Å². The third-order valence-corrected chi connectivity index (χ3v) is 3.25. The first-order valence-corrected chi connectivity index (χ1v) is 6.71. The molecule has 0 radical (unpaired) electrons. The number of carbonyl (C=O) groups is 1. The minimum absolute atomic E-state index is 0.0757. The summed E-state index contributed by atoms with van der Waals surface area (Å²) < 4.78 is 41.3. The molecule has 0 aromatic heterocycles. The van der Waals surface area contributed by atoms with E-state index in [1.165, 1.54) is 6.07 Å². The fraction of sp³-hybridized carbons (Fsp3) is 0.500. The molecule has 1 aliphatic rings. The van der Waals surface area contributed by atoms with Gasteiger partial charge in [-0.3, -0.25) is 4.79 Å². The number of hydrogen-bond acceptors (Lipinski definition) is 3. The molecule has 0 aliphatic carbocycles. The maximum absolute atomic E-state index is 12.2. The summed E-state index contributed by atoms with van der Waals surface area (Å²) in [5.74, 6) is -0.0291. The van der Waals surface area contributed by atoms with Crippen LogP contribution < -0.4 is 15.4 Å². The van der Waals surface area contributed by atoms with Crippen LogP contribution in [0.5, 0.6) is 5.75 Å². The van der Waals surface area contributed by atoms with Crippen LogP contribution in [0.25, 0.3) is 0 Å². The Morgan fingerprint density at radius 1 is 1.38 bits per heavy atom. The molecule has 1 atom stereocenters. The third kappa shape index (κ3) is 4.93. The lowest BCUT2D eigenvalue weighted by molar-refractivity contribution is -0.153. The number of carbonyl (C=O) groups excluding carboxylic acids is 1. The Kier molecular flexibility index (Phi) is 5.06. The van der Waals surface area contributed by atoms with E-state index >= 15 is 0 Å². The molecule has 2 N–H and O–H groups in total. The van der Waals surface area contributed by atoms with Crippen LogP contribution in [0.1, 0.15) is 12.0 Å². The molecule has 0 bridgehead atoms. The second kappa shape index (κ2) is 6.80. The van der Waals surface area contributed by atoms with Crippen molar-refractivity contribution >= 4 is 5.91 Å². The molecule has 1 saturated heterocycles. The second-order valence-corrected chi connectivity index (χ2v) is 4.92. The predicted molar refractivity (Wildman–Crippen MR) is 70.8 cm³/mol. The fourth-order valence-electron chi connectivity index (χ4n) is 2.16. The molecule has 1 aliphatic heterocycles. The molecular weight excluding hydrogens is 285 g/mol. The summed E-state index contributed by atoms with van der Waals surface area (Å²) in [6.45, 7) is 0.259. The zero-order valence-electron chi connectivity index (χ0n) is 11.4. The van der Waals surface area contributed by atoms with Crippen molar-refractivity contribution in [2.45, 2.75) is 19.1 Å². The van der Waals surface area contributed by atoms with Crippen LogP contribution in [0, 0.1) is 5.92 Å². The molecule has 2 rings (SSSR count). The second-order valence-electron chi connectivity index (χ2n) is 4.92. The van der Waals surface area contributed by atoms with Gasteiger partial charge in [0.05, 0.1) is 5.92 Å². The quantitative estimate of drug-likeness (QED) is 0.873. The van der Waals surface area contributed by atoms with Crippen molar-refractivity contribution < 1.29 is 22.7 Å². The van der Waals surface area contributed by atoms with Gasteiger partial charge in [-0.05, 0) is 19.0 Å². The van der Waals surface area contributed by atoms with E-state index in [2.05, 4.69) is 10.6 Å². The van der Waals surface area contributed by atoms with Gasteiger partial charge in [0.15, 0.2) is 6.61 Å². The highest BCUT2D eigenvalue weighted by atomic mass is 19.4. The van der Waals surface area contributed by atoms with Gasteiger partial charge >= 0.3 is 6.18 Å². The summed E-state index contributed by atoms with van der Waals surface area (Å²) in [6.07, 6.45) is -3.61. The zero-order chi connectivity index (χ0) is 15.3. The van der Waals surface area contributed by atoms with Gasteiger partial charge in [-0.1, -0.05) is 18.2 Å². The number of ether oxygens (including phenoxy) is 1. The van der Waals surface area contributed by atoms with Crippen molar-refractivity contribution in [3.05, 3.63) is 29.8 Å². The Hall–Kier alpha value is -1.76. The normalized spacial score (nSPS) is 18.5. The highest BCUT2D eigenvalue weighted by Crippen LogP contribution is 2.22. The first kappa shape index (κ1) is 15.6. The highest BCUT2D eigenvalue weighted by Gasteiger charge is 2.29. The Morgan fingerprint density at radius 2 is 2.14 bits per heavy atom. The van der Waals surface area contributed by atoms with Crippen molar-refractivity contribution in [3.8, 4) is 5.75 Å². The van der Waals surface area contributed by atoms with Gasteiger partial charge in [0, 0.05) is 18.7 Å². The van der Waals surface area contributed by atoms with Crippen molar-refractivity contribution in [2.75, 3.05) is 19.7 Å². The van der Waals surface area contributed by atoms with E-state index in [1.54, 1.807) is 18.2 Å². The van der Waals surface area contributed by atoms with E-state index in [0.717, 1.165) is 13.0 Å². The standard InChI is InChI=1S/C14H17F3N2O2/c15-14(16,17)9-21-12-4-2-1-3-10(12)8-19-13(20)11-5-6-18-7-11/h1-4,11,18H,5-9H2,(H,19,20). The Bertz CT molecular complexity index is 485. The van der Waals surface area contributed by atoms with Crippen molar-refractivity contribution in [1.82, 2.24) is 10.6 Å². The summed E-state index contributed by atoms with van der Waals surface area (Å²) in [7, 11) is 0. The molecular formula is C14H17F3N2O2. The molecule has 116 valence electrons. The van der Waals surface area contributed by atoms with Gasteiger partial charge in [0.1, 0.15) is 5.75 Å². The van der Waals surface area contributed by atoms with Crippen LogP contribution in [0.4, 0.5) is 13.2 Å². The Labute approximate surface area is 120 Å². The number of rotatable bonds is 5. The number of benzene rings is 1. The molecule has 21 heavy (non-hydrogen) atoms. The summed E-state index contributed by atoms with van der Waals surface area (Å²) in [6, 6.07) is 6.39. The molecule has 4 nitrogen and oxygen atoms in total. The summed E-state index contributed by atoms with van der Waals surface area (Å²) >= 11 is 0. The van der Waals surface area contributed by atoms with E-state index in [9.17, 15) is 18.0 Å². The largest absolute Gasteiger partial charge is 0.484 e. The van der Waals surface area contributed by atoms with E-state index < -0.39 is 12.8 Å². The smallest absolute Gasteiger partial charge is 0.422 e. The average molecular weight is 302 g/mol. The minimum atomic E-state index is -4.38. The van der Waals surface area contributed by atoms with Crippen molar-refractivity contribution in [3.63, 3.8) is 0 Å². The lowest BCUT2D eigenvalue weighted by Gasteiger charge is -2.14. The summed E-state index contributed by atoms with van der Waals surface area (Å²) in [5, 5.41) is 5.83. The predicted octanol–water partition coefficient (Wildman–Crippen LogP) is 1.85. The molecule has 1 fully saturated rings. The van der Waals surface area contributed by atoms with Gasteiger partial charge in [-0.15, -0.1) is 0 Å². The maximum Gasteiger partial charge on any atom is 0.422 e. The van der Waals surface area contributed by atoms with Crippen LogP contribution in [0.2, 0.25) is 0 Å². The SMILES string of the molecule is O=C(NCc1ccccc1OCC(F)(F)F)C1CCNC1. The van der Waals surface area contributed by atoms with E-state index in [4.69, 9.17) is 4.74 Å². The first-order chi connectivity index (χ1) is 9.96. The molecule has 1 aromatic carbocycles. The monoisotopic (exact) mass is 302 g/mol. The highest BCUT2D eigenvalue weighted by molar-refractivity contribution is 5.79. The molecule has 0 spiro atoms. The van der Waals surface area contributed by atoms with Gasteiger partial charge in [0.2, 0.25) is 5.91 Å². The molecule has 1 aromatic rings. The molecule has 1 unspecified atom stereocenters. The average Bonchev–Trinajstić information content (AvgIpc) is 2.96. The number of halogens is 3. The number of nitrogens with one attached hydrogen (secondary N) is 2. The molecule has 1 amide bonds. The maximum atomic E-state index is 12.2. The number of amides is 1. The van der Waals surface area contributed by atoms with Gasteiger partial charge in [0.25, 0.3) is 0 Å². The van der Waals surface area contributed by atoms with Gasteiger partial charge < -0.3 is 15.4 Å². The topological polar surface area (TPSA) is 50.4 Å². The fourth-order valence-corrected chi connectivity index (χ4v) is 2.16. The van der Waals surface area contributed by atoms with Crippen LogP contribution >= 0.6 is 0 Å². The first-order valence-electron chi connectivity index (χ1n) is 6.71. The lowest BCUT2D eigenvalue weighted by Crippen LogP contribution is -2.31. The van der Waals surface area contributed by atoms with Crippen molar-refractivity contribution in [2.24, 2.45) is 5.92 Å². The lowest BCUT2D eigenvalue weighted by atomic mass is 10.1. The van der Waals surface area contributed by atoms with Crippen LogP contribution in [-0.4, -0.2) is 31.8 Å². The van der Waals surface area contributed by atoms with Gasteiger partial charge in [-0.25, -0.2) is 0 Å². The zero-order valence-corrected chi connectivity index (χ0v) is 11.4. The van der Waals surface area contributed by atoms with Gasteiger partial charge in [-0.2, -0.15) is 13.2 Å². The Balaban J connectivity index is 1.91. The van der Waals surface area contributed by atoms with Crippen LogP contribution in [0.15, 0.2) is 24.3 Å². The number of hydrogen-bond donors (Lipinski definition) is 2. The van der Waals surface area contributed by atoms with E-state index in [-0.39, 0.29) is 24.1 Å². The Morgan fingerprint density at radius 3 is 2.81 bits per heavy atom. The van der Waals surface area contributed by atoms with Crippen molar-refractivity contribution in [1.29, 1.82) is 0 Å². The molecule has 1 heterocycles. The minimum Gasteiger partial charge on any atom is -0.484 e.